The average molecular weight is 276 g/mol. The monoisotopic (exact) mass is 276 g/mol. The topological polar surface area (TPSA) is 24.9 Å². The Hall–Kier alpha value is -2.19. The van der Waals surface area contributed by atoms with Crippen LogP contribution in [-0.2, 0) is 6.54 Å². The molecule has 3 aromatic rings. The maximum Gasteiger partial charge on any atom is 0.0346 e. The number of hydrogen-bond acceptors (Lipinski definition) is 2. The summed E-state index contributed by atoms with van der Waals surface area (Å²) in [6, 6.07) is 17.2. The third-order valence-corrected chi connectivity index (χ3v) is 3.65. The van der Waals surface area contributed by atoms with Crippen molar-refractivity contribution in [3.05, 3.63) is 66.5 Å². The van der Waals surface area contributed by atoms with E-state index in [1.807, 2.05) is 12.4 Å². The molecule has 0 aliphatic rings. The number of pyridine rings is 1. The predicted molar refractivity (Wildman–Crippen MR) is 89.2 cm³/mol. The lowest BCUT2D eigenvalue weighted by Crippen LogP contribution is -2.13. The second-order valence-electron chi connectivity index (χ2n) is 5.29. The Balaban J connectivity index is 1.97. The van der Waals surface area contributed by atoms with E-state index in [1.54, 1.807) is 0 Å². The first kappa shape index (κ1) is 13.8. The minimum Gasteiger partial charge on any atom is -0.313 e. The van der Waals surface area contributed by atoms with Crippen molar-refractivity contribution in [1.82, 2.24) is 10.3 Å². The van der Waals surface area contributed by atoms with E-state index in [9.17, 15) is 0 Å². The largest absolute Gasteiger partial charge is 0.313 e. The van der Waals surface area contributed by atoms with Crippen LogP contribution < -0.4 is 5.32 Å². The van der Waals surface area contributed by atoms with Crippen LogP contribution in [-0.4, -0.2) is 11.5 Å². The molecule has 3 rings (SSSR count). The highest BCUT2D eigenvalue weighted by Crippen LogP contribution is 2.28. The summed E-state index contributed by atoms with van der Waals surface area (Å²) in [5.41, 5.74) is 3.66. The van der Waals surface area contributed by atoms with Crippen molar-refractivity contribution >= 4 is 10.8 Å². The Kier molecular flexibility index (Phi) is 4.27. The van der Waals surface area contributed by atoms with Crippen molar-refractivity contribution in [3.8, 4) is 11.1 Å². The molecule has 0 spiro atoms. The van der Waals surface area contributed by atoms with Crippen LogP contribution in [0.4, 0.5) is 0 Å². The van der Waals surface area contributed by atoms with Crippen LogP contribution in [0.25, 0.3) is 21.9 Å². The van der Waals surface area contributed by atoms with E-state index in [1.165, 1.54) is 27.5 Å². The molecule has 2 nitrogen and oxygen atoms in total. The summed E-state index contributed by atoms with van der Waals surface area (Å²) in [6.07, 6.45) is 5.04. The molecule has 21 heavy (non-hydrogen) atoms. The molecule has 0 fully saturated rings. The third kappa shape index (κ3) is 3.11. The summed E-state index contributed by atoms with van der Waals surface area (Å²) in [5, 5.41) is 5.97. The molecule has 2 heteroatoms. The number of nitrogens with one attached hydrogen (secondary N) is 1. The van der Waals surface area contributed by atoms with Gasteiger partial charge in [0.05, 0.1) is 0 Å². The van der Waals surface area contributed by atoms with Gasteiger partial charge in [-0.25, -0.2) is 0 Å². The van der Waals surface area contributed by atoms with E-state index in [2.05, 4.69) is 65.8 Å². The molecule has 0 saturated heterocycles. The molecular formula is C19H20N2. The molecule has 0 bridgehead atoms. The van der Waals surface area contributed by atoms with Gasteiger partial charge in [0.2, 0.25) is 0 Å². The molecule has 1 aromatic heterocycles. The van der Waals surface area contributed by atoms with Crippen LogP contribution in [0.3, 0.4) is 0 Å². The van der Waals surface area contributed by atoms with Crippen molar-refractivity contribution in [2.24, 2.45) is 0 Å². The van der Waals surface area contributed by atoms with E-state index in [-0.39, 0.29) is 0 Å². The van der Waals surface area contributed by atoms with Gasteiger partial charge >= 0.3 is 0 Å². The van der Waals surface area contributed by atoms with Gasteiger partial charge in [0.25, 0.3) is 0 Å². The smallest absolute Gasteiger partial charge is 0.0346 e. The number of nitrogens with zero attached hydrogens (tertiary/aromatic N) is 1. The fourth-order valence-corrected chi connectivity index (χ4v) is 2.62. The van der Waals surface area contributed by atoms with Crippen molar-refractivity contribution in [3.63, 3.8) is 0 Å². The van der Waals surface area contributed by atoms with Gasteiger partial charge in [-0.1, -0.05) is 49.4 Å². The van der Waals surface area contributed by atoms with Gasteiger partial charge in [-0.15, -0.1) is 0 Å². The van der Waals surface area contributed by atoms with Crippen molar-refractivity contribution in [2.75, 3.05) is 6.54 Å². The second kappa shape index (κ2) is 6.51. The highest BCUT2D eigenvalue weighted by molar-refractivity contribution is 5.96. The fraction of sp³-hybridized carbons (Fsp3) is 0.211. The summed E-state index contributed by atoms with van der Waals surface area (Å²) >= 11 is 0. The first-order valence-electron chi connectivity index (χ1n) is 7.51. The Labute approximate surface area is 125 Å². The average Bonchev–Trinajstić information content (AvgIpc) is 2.55. The zero-order chi connectivity index (χ0) is 14.5. The molecule has 0 unspecified atom stereocenters. The highest BCUT2D eigenvalue weighted by atomic mass is 14.8. The summed E-state index contributed by atoms with van der Waals surface area (Å²) < 4.78 is 0. The van der Waals surface area contributed by atoms with Crippen LogP contribution in [0.1, 0.15) is 18.9 Å². The van der Waals surface area contributed by atoms with Gasteiger partial charge < -0.3 is 5.32 Å². The lowest BCUT2D eigenvalue weighted by Gasteiger charge is -2.09. The summed E-state index contributed by atoms with van der Waals surface area (Å²) in [4.78, 5) is 4.41. The van der Waals surface area contributed by atoms with Gasteiger partial charge in [0.15, 0.2) is 0 Å². The van der Waals surface area contributed by atoms with Crippen LogP contribution in [0.5, 0.6) is 0 Å². The van der Waals surface area contributed by atoms with Crippen molar-refractivity contribution in [1.29, 1.82) is 0 Å². The van der Waals surface area contributed by atoms with Gasteiger partial charge in [-0.05, 0) is 40.9 Å². The Morgan fingerprint density at radius 2 is 1.86 bits per heavy atom. The Morgan fingerprint density at radius 1 is 1.00 bits per heavy atom. The quantitative estimate of drug-likeness (QED) is 0.699. The summed E-state index contributed by atoms with van der Waals surface area (Å²) in [5.74, 6) is 0. The molecule has 0 aliphatic heterocycles. The van der Waals surface area contributed by atoms with Crippen LogP contribution in [0.15, 0.2) is 60.9 Å². The lowest BCUT2D eigenvalue weighted by molar-refractivity contribution is 0.674. The number of hydrogen-bond donors (Lipinski definition) is 1. The molecule has 1 heterocycles. The zero-order valence-electron chi connectivity index (χ0n) is 12.3. The van der Waals surface area contributed by atoms with E-state index < -0.39 is 0 Å². The van der Waals surface area contributed by atoms with E-state index in [0.29, 0.717) is 0 Å². The molecular weight excluding hydrogens is 256 g/mol. The molecule has 0 aliphatic carbocycles. The summed E-state index contributed by atoms with van der Waals surface area (Å²) in [7, 11) is 0. The Bertz CT molecular complexity index is 729. The molecule has 0 atom stereocenters. The highest BCUT2D eigenvalue weighted by Gasteiger charge is 2.04. The zero-order valence-corrected chi connectivity index (χ0v) is 12.3. The SMILES string of the molecule is CCCNCc1cncc(-c2cccc3ccccc23)c1. The van der Waals surface area contributed by atoms with E-state index >= 15 is 0 Å². The van der Waals surface area contributed by atoms with Gasteiger partial charge in [-0.2, -0.15) is 0 Å². The molecule has 0 radical (unpaired) electrons. The van der Waals surface area contributed by atoms with Gasteiger partial charge in [0.1, 0.15) is 0 Å². The molecule has 106 valence electrons. The van der Waals surface area contributed by atoms with Crippen LogP contribution in [0, 0.1) is 0 Å². The first-order valence-corrected chi connectivity index (χ1v) is 7.51. The minimum absolute atomic E-state index is 0.874. The van der Waals surface area contributed by atoms with Crippen LogP contribution in [0.2, 0.25) is 0 Å². The van der Waals surface area contributed by atoms with Crippen LogP contribution >= 0.6 is 0 Å². The standard InChI is InChI=1S/C19H20N2/c1-2-10-20-12-15-11-17(14-21-13-15)19-9-5-7-16-6-3-4-8-18(16)19/h3-9,11,13-14,20H,2,10,12H2,1H3. The second-order valence-corrected chi connectivity index (χ2v) is 5.29. The minimum atomic E-state index is 0.874. The van der Waals surface area contributed by atoms with E-state index in [4.69, 9.17) is 0 Å². The predicted octanol–water partition coefficient (Wildman–Crippen LogP) is 4.40. The van der Waals surface area contributed by atoms with E-state index in [0.717, 1.165) is 19.5 Å². The summed E-state index contributed by atoms with van der Waals surface area (Å²) in [6.45, 7) is 4.09. The maximum atomic E-state index is 4.41. The molecule has 2 aromatic carbocycles. The molecule has 0 amide bonds. The Morgan fingerprint density at radius 3 is 2.76 bits per heavy atom. The third-order valence-electron chi connectivity index (χ3n) is 3.65. The van der Waals surface area contributed by atoms with Crippen molar-refractivity contribution in [2.45, 2.75) is 19.9 Å². The molecule has 0 saturated carbocycles. The lowest BCUT2D eigenvalue weighted by atomic mass is 9.99. The number of fused-ring (bicyclic) bond motifs is 1. The number of benzene rings is 2. The number of rotatable bonds is 5. The van der Waals surface area contributed by atoms with Crippen molar-refractivity contribution < 1.29 is 0 Å². The fourth-order valence-electron chi connectivity index (χ4n) is 2.62. The maximum absolute atomic E-state index is 4.41. The normalized spacial score (nSPS) is 10.9. The molecule has 1 N–H and O–H groups in total. The number of aromatic nitrogens is 1. The van der Waals surface area contributed by atoms with Gasteiger partial charge in [-0.3, -0.25) is 4.98 Å². The first-order chi connectivity index (χ1) is 10.4. The van der Waals surface area contributed by atoms with Gasteiger partial charge in [0, 0.05) is 24.5 Å².